The van der Waals surface area contributed by atoms with E-state index in [0.717, 1.165) is 55.2 Å². The SMILES string of the molecule is O=S(=O)(Nc1ccc(F)c(F)c1)c1cc(-c2noc(C3CCCC3)n2)cs1. The van der Waals surface area contributed by atoms with Gasteiger partial charge in [0.2, 0.25) is 11.7 Å². The third kappa shape index (κ3) is 3.72. The van der Waals surface area contributed by atoms with E-state index >= 15 is 0 Å². The molecule has 1 N–H and O–H groups in total. The Balaban J connectivity index is 1.55. The van der Waals surface area contributed by atoms with Crippen molar-refractivity contribution in [3.63, 3.8) is 0 Å². The molecule has 1 aliphatic carbocycles. The Bertz CT molecular complexity index is 1070. The van der Waals surface area contributed by atoms with Crippen LogP contribution in [-0.2, 0) is 10.0 Å². The smallest absolute Gasteiger partial charge is 0.271 e. The first kappa shape index (κ1) is 18.1. The molecule has 0 amide bonds. The van der Waals surface area contributed by atoms with Gasteiger partial charge in [0.05, 0.1) is 5.69 Å². The molecule has 142 valence electrons. The standard InChI is InChI=1S/C17H15F2N3O3S2/c18-13-6-5-12(8-14(13)19)22-27(23,24)15-7-11(9-26-15)16-20-17(25-21-16)10-3-1-2-4-10/h5-10,22H,1-4H2. The van der Waals surface area contributed by atoms with Crippen molar-refractivity contribution in [1.29, 1.82) is 0 Å². The molecule has 0 unspecified atom stereocenters. The molecule has 27 heavy (non-hydrogen) atoms. The summed E-state index contributed by atoms with van der Waals surface area (Å²) in [7, 11) is -3.95. The fourth-order valence-corrected chi connectivity index (χ4v) is 5.24. The predicted octanol–water partition coefficient (Wildman–Crippen LogP) is 4.53. The Labute approximate surface area is 158 Å². The number of halogens is 2. The van der Waals surface area contributed by atoms with Crippen molar-refractivity contribution in [1.82, 2.24) is 10.1 Å². The summed E-state index contributed by atoms with van der Waals surface area (Å²) in [6.45, 7) is 0. The highest BCUT2D eigenvalue weighted by Gasteiger charge is 2.24. The molecule has 1 fully saturated rings. The van der Waals surface area contributed by atoms with Gasteiger partial charge in [-0.3, -0.25) is 4.72 Å². The lowest BCUT2D eigenvalue weighted by atomic mass is 10.1. The number of hydrogen-bond acceptors (Lipinski definition) is 6. The molecule has 3 aromatic rings. The minimum Gasteiger partial charge on any atom is -0.339 e. The summed E-state index contributed by atoms with van der Waals surface area (Å²) in [4.78, 5) is 4.39. The van der Waals surface area contributed by atoms with Crippen LogP contribution in [0, 0.1) is 11.6 Å². The summed E-state index contributed by atoms with van der Waals surface area (Å²) in [6, 6.07) is 4.22. The molecule has 1 saturated carbocycles. The molecule has 6 nitrogen and oxygen atoms in total. The van der Waals surface area contributed by atoms with Crippen molar-refractivity contribution < 1.29 is 21.7 Å². The Kier molecular flexibility index (Phi) is 4.68. The van der Waals surface area contributed by atoms with Gasteiger partial charge >= 0.3 is 0 Å². The van der Waals surface area contributed by atoms with Gasteiger partial charge < -0.3 is 4.52 Å². The molecule has 0 aliphatic heterocycles. The molecule has 10 heteroatoms. The number of thiophene rings is 1. The average molecular weight is 411 g/mol. The molecule has 1 aromatic carbocycles. The van der Waals surface area contributed by atoms with Crippen molar-refractivity contribution in [2.24, 2.45) is 0 Å². The third-order valence-corrected chi connectivity index (χ3v) is 7.24. The van der Waals surface area contributed by atoms with Gasteiger partial charge in [-0.15, -0.1) is 11.3 Å². The zero-order chi connectivity index (χ0) is 19.0. The molecule has 0 spiro atoms. The number of nitrogens with one attached hydrogen (secondary N) is 1. The maximum absolute atomic E-state index is 13.3. The molecule has 0 radical (unpaired) electrons. The first-order valence-electron chi connectivity index (χ1n) is 8.33. The zero-order valence-electron chi connectivity index (χ0n) is 14.0. The van der Waals surface area contributed by atoms with Gasteiger partial charge in [0, 0.05) is 22.9 Å². The maximum Gasteiger partial charge on any atom is 0.271 e. The van der Waals surface area contributed by atoms with E-state index in [2.05, 4.69) is 14.9 Å². The van der Waals surface area contributed by atoms with E-state index in [1.807, 2.05) is 0 Å². The monoisotopic (exact) mass is 411 g/mol. The van der Waals surface area contributed by atoms with Crippen LogP contribution in [-0.4, -0.2) is 18.6 Å². The van der Waals surface area contributed by atoms with Crippen molar-refractivity contribution in [3.8, 4) is 11.4 Å². The highest BCUT2D eigenvalue weighted by Crippen LogP contribution is 2.35. The van der Waals surface area contributed by atoms with E-state index in [1.165, 1.54) is 6.07 Å². The molecular formula is C17H15F2N3O3S2. The Morgan fingerprint density at radius 3 is 2.67 bits per heavy atom. The lowest BCUT2D eigenvalue weighted by Gasteiger charge is -2.06. The summed E-state index contributed by atoms with van der Waals surface area (Å²) >= 11 is 0.979. The summed E-state index contributed by atoms with van der Waals surface area (Å²) in [5.41, 5.74) is 0.464. The number of anilines is 1. The lowest BCUT2D eigenvalue weighted by Crippen LogP contribution is -2.11. The predicted molar refractivity (Wildman–Crippen MR) is 96.0 cm³/mol. The first-order chi connectivity index (χ1) is 12.9. The van der Waals surface area contributed by atoms with Crippen molar-refractivity contribution in [2.45, 2.75) is 35.8 Å². The van der Waals surface area contributed by atoms with Crippen molar-refractivity contribution >= 4 is 27.0 Å². The highest BCUT2D eigenvalue weighted by atomic mass is 32.2. The van der Waals surface area contributed by atoms with E-state index in [9.17, 15) is 17.2 Å². The largest absolute Gasteiger partial charge is 0.339 e. The second kappa shape index (κ2) is 7.01. The first-order valence-corrected chi connectivity index (χ1v) is 10.7. The lowest BCUT2D eigenvalue weighted by molar-refractivity contribution is 0.354. The summed E-state index contributed by atoms with van der Waals surface area (Å²) < 4.78 is 58.8. The van der Waals surface area contributed by atoms with Crippen LogP contribution in [0.25, 0.3) is 11.4 Å². The summed E-state index contributed by atoms with van der Waals surface area (Å²) in [6.07, 6.45) is 4.31. The topological polar surface area (TPSA) is 85.1 Å². The van der Waals surface area contributed by atoms with E-state index in [1.54, 1.807) is 5.38 Å². The molecular weight excluding hydrogens is 396 g/mol. The van der Waals surface area contributed by atoms with Gasteiger partial charge in [0.15, 0.2) is 11.6 Å². The maximum atomic E-state index is 13.3. The molecule has 2 aromatic heterocycles. The molecule has 1 aliphatic rings. The average Bonchev–Trinajstić information content (AvgIpc) is 3.38. The van der Waals surface area contributed by atoms with Gasteiger partial charge in [0.1, 0.15) is 4.21 Å². The van der Waals surface area contributed by atoms with Crippen LogP contribution in [0.15, 0.2) is 38.4 Å². The van der Waals surface area contributed by atoms with Gasteiger partial charge in [-0.25, -0.2) is 17.2 Å². The fourth-order valence-electron chi connectivity index (χ4n) is 3.03. The van der Waals surface area contributed by atoms with E-state index in [-0.39, 0.29) is 15.8 Å². The van der Waals surface area contributed by atoms with Crippen LogP contribution in [0.2, 0.25) is 0 Å². The van der Waals surface area contributed by atoms with Crippen LogP contribution >= 0.6 is 11.3 Å². The molecule has 0 bridgehead atoms. The minimum absolute atomic E-state index is 0.00875. The second-order valence-corrected chi connectivity index (χ2v) is 9.15. The van der Waals surface area contributed by atoms with E-state index < -0.39 is 21.7 Å². The van der Waals surface area contributed by atoms with E-state index in [0.29, 0.717) is 17.3 Å². The summed E-state index contributed by atoms with van der Waals surface area (Å²) in [5, 5.41) is 5.56. The molecule has 0 atom stereocenters. The molecule has 2 heterocycles. The number of aromatic nitrogens is 2. The molecule has 0 saturated heterocycles. The van der Waals surface area contributed by atoms with E-state index in [4.69, 9.17) is 4.52 Å². The van der Waals surface area contributed by atoms with Crippen LogP contribution in [0.5, 0.6) is 0 Å². The Morgan fingerprint density at radius 2 is 1.93 bits per heavy atom. The van der Waals surface area contributed by atoms with Crippen LogP contribution in [0.1, 0.15) is 37.5 Å². The van der Waals surface area contributed by atoms with Gasteiger partial charge in [-0.1, -0.05) is 18.0 Å². The van der Waals surface area contributed by atoms with Crippen molar-refractivity contribution in [3.05, 3.63) is 47.2 Å². The van der Waals surface area contributed by atoms with Crippen LogP contribution < -0.4 is 4.72 Å². The number of nitrogens with zero attached hydrogens (tertiary/aromatic N) is 2. The Hall–Kier alpha value is -2.33. The zero-order valence-corrected chi connectivity index (χ0v) is 15.6. The third-order valence-electron chi connectivity index (χ3n) is 4.42. The number of hydrogen-bond donors (Lipinski definition) is 1. The Morgan fingerprint density at radius 1 is 1.15 bits per heavy atom. The van der Waals surface area contributed by atoms with Crippen LogP contribution in [0.3, 0.4) is 0 Å². The summed E-state index contributed by atoms with van der Waals surface area (Å²) in [5.74, 6) is -0.997. The van der Waals surface area contributed by atoms with Gasteiger partial charge in [0.25, 0.3) is 10.0 Å². The second-order valence-electron chi connectivity index (χ2n) is 6.33. The quantitative estimate of drug-likeness (QED) is 0.666. The normalized spacial score (nSPS) is 15.3. The van der Waals surface area contributed by atoms with Crippen LogP contribution in [0.4, 0.5) is 14.5 Å². The highest BCUT2D eigenvalue weighted by molar-refractivity contribution is 7.94. The van der Waals surface area contributed by atoms with Gasteiger partial charge in [-0.05, 0) is 31.0 Å². The number of sulfonamides is 1. The van der Waals surface area contributed by atoms with Gasteiger partial charge in [-0.2, -0.15) is 4.98 Å². The number of benzene rings is 1. The van der Waals surface area contributed by atoms with Crippen molar-refractivity contribution in [2.75, 3.05) is 4.72 Å². The minimum atomic E-state index is -3.95. The number of rotatable bonds is 5. The molecule has 4 rings (SSSR count). The fraction of sp³-hybridized carbons (Fsp3) is 0.294.